The average Bonchev–Trinajstić information content (AvgIpc) is 2.92. The molecule has 0 spiro atoms. The van der Waals surface area contributed by atoms with Crippen LogP contribution >= 0.6 is 0 Å². The molecule has 1 aliphatic rings. The molecular formula is C13H13FeNO. The van der Waals surface area contributed by atoms with Crippen molar-refractivity contribution in [2.75, 3.05) is 0 Å². The maximum atomic E-state index is 10.6. The van der Waals surface area contributed by atoms with Gasteiger partial charge in [0.25, 0.3) is 0 Å². The molecule has 0 fully saturated rings. The van der Waals surface area contributed by atoms with E-state index in [-0.39, 0.29) is 17.1 Å². The molecule has 2 rings (SSSR count). The Bertz CT molecular complexity index is 378. The summed E-state index contributed by atoms with van der Waals surface area (Å²) in [6.07, 6.45) is 6.86. The van der Waals surface area contributed by atoms with Gasteiger partial charge in [0.1, 0.15) is 0 Å². The fraction of sp³-hybridized carbons (Fsp3) is 0. The minimum Gasteiger partial charge on any atom is -0.860 e. The molecule has 0 aromatic heterocycles. The van der Waals surface area contributed by atoms with Crippen molar-refractivity contribution in [2.24, 2.45) is 5.73 Å². The molecule has 0 aliphatic heterocycles. The Morgan fingerprint density at radius 1 is 1.38 bits per heavy atom. The molecule has 3 heteroatoms. The molecule has 16 heavy (non-hydrogen) atoms. The van der Waals surface area contributed by atoms with Crippen molar-refractivity contribution in [3.8, 4) is 0 Å². The van der Waals surface area contributed by atoms with E-state index in [2.05, 4.69) is 6.58 Å². The summed E-state index contributed by atoms with van der Waals surface area (Å²) in [5, 5.41) is 10.6. The van der Waals surface area contributed by atoms with E-state index in [1.165, 1.54) is 0 Å². The fourth-order valence-electron chi connectivity index (χ4n) is 1.16. The van der Waals surface area contributed by atoms with Crippen LogP contribution in [0.4, 0.5) is 0 Å². The molecule has 1 aromatic rings. The van der Waals surface area contributed by atoms with E-state index < -0.39 is 5.88 Å². The Morgan fingerprint density at radius 3 is 2.31 bits per heavy atom. The summed E-state index contributed by atoms with van der Waals surface area (Å²) in [6, 6.07) is 10.0. The summed E-state index contributed by atoms with van der Waals surface area (Å²) in [5.74, 6) is -0.403. The first-order valence-corrected chi connectivity index (χ1v) is 4.60. The van der Waals surface area contributed by atoms with Gasteiger partial charge >= 0.3 is 17.1 Å². The minimum absolute atomic E-state index is 0. The van der Waals surface area contributed by atoms with Crippen LogP contribution in [0.5, 0.6) is 0 Å². The SMILES string of the molecule is C=CC1=CC=CC1=C(N)[O-].[Fe+2].c1cc[cH-]c1. The minimum atomic E-state index is -0.403. The van der Waals surface area contributed by atoms with Gasteiger partial charge in [-0.25, -0.2) is 12.1 Å². The van der Waals surface area contributed by atoms with E-state index in [1.54, 1.807) is 24.3 Å². The standard InChI is InChI=1S/C8H9NO.C5H5.Fe/c1-2-6-4-3-5-7(6)8(9)10;1-2-4-5-3-1;/h2-5,10H,1,9H2;1-5H;/q;-1;+2/p-1. The van der Waals surface area contributed by atoms with Gasteiger partial charge in [0.15, 0.2) is 0 Å². The summed E-state index contributed by atoms with van der Waals surface area (Å²) in [6.45, 7) is 3.54. The Kier molecular flexibility index (Phi) is 6.93. The van der Waals surface area contributed by atoms with Gasteiger partial charge < -0.3 is 10.8 Å². The molecule has 2 N–H and O–H groups in total. The number of hydrogen-bond acceptors (Lipinski definition) is 2. The van der Waals surface area contributed by atoms with E-state index in [1.807, 2.05) is 30.3 Å². The zero-order chi connectivity index (χ0) is 11.1. The predicted molar refractivity (Wildman–Crippen MR) is 60.7 cm³/mol. The smallest absolute Gasteiger partial charge is 0.860 e. The van der Waals surface area contributed by atoms with Gasteiger partial charge in [-0.05, 0) is 17.0 Å². The monoisotopic (exact) mass is 255 g/mol. The maximum absolute atomic E-state index is 10.6. The van der Waals surface area contributed by atoms with Crippen LogP contribution in [-0.2, 0) is 17.1 Å². The Morgan fingerprint density at radius 2 is 2.00 bits per heavy atom. The van der Waals surface area contributed by atoms with Gasteiger partial charge in [0.05, 0.1) is 0 Å². The van der Waals surface area contributed by atoms with E-state index in [0.717, 1.165) is 5.57 Å². The third kappa shape index (κ3) is 4.30. The van der Waals surface area contributed by atoms with Crippen molar-refractivity contribution >= 4 is 0 Å². The third-order valence-electron chi connectivity index (χ3n) is 1.89. The molecule has 0 saturated carbocycles. The van der Waals surface area contributed by atoms with Gasteiger partial charge in [-0.2, -0.15) is 18.2 Å². The molecule has 0 unspecified atom stereocenters. The first-order chi connectivity index (χ1) is 7.25. The molecule has 2 nitrogen and oxygen atoms in total. The van der Waals surface area contributed by atoms with Gasteiger partial charge in [-0.3, -0.25) is 0 Å². The largest absolute Gasteiger partial charge is 2.00 e. The van der Waals surface area contributed by atoms with Crippen molar-refractivity contribution in [1.29, 1.82) is 0 Å². The number of rotatable bonds is 1. The third-order valence-corrected chi connectivity index (χ3v) is 1.89. The molecule has 0 heterocycles. The zero-order valence-corrected chi connectivity index (χ0v) is 9.85. The van der Waals surface area contributed by atoms with Crippen LogP contribution in [0.25, 0.3) is 0 Å². The second-order valence-corrected chi connectivity index (χ2v) is 2.93. The first-order valence-electron chi connectivity index (χ1n) is 4.60. The molecule has 0 bridgehead atoms. The predicted octanol–water partition coefficient (Wildman–Crippen LogP) is 1.60. The molecule has 1 aliphatic carbocycles. The maximum Gasteiger partial charge on any atom is 2.00 e. The summed E-state index contributed by atoms with van der Waals surface area (Å²) in [5.41, 5.74) is 6.38. The molecular weight excluding hydrogens is 242 g/mol. The molecule has 84 valence electrons. The molecule has 1 aromatic carbocycles. The summed E-state index contributed by atoms with van der Waals surface area (Å²) in [4.78, 5) is 0. The molecule has 0 radical (unpaired) electrons. The summed E-state index contributed by atoms with van der Waals surface area (Å²) in [7, 11) is 0. The molecule has 0 amide bonds. The summed E-state index contributed by atoms with van der Waals surface area (Å²) < 4.78 is 0. The fourth-order valence-corrected chi connectivity index (χ4v) is 1.16. The van der Waals surface area contributed by atoms with Crippen molar-refractivity contribution in [1.82, 2.24) is 0 Å². The second-order valence-electron chi connectivity index (χ2n) is 2.93. The van der Waals surface area contributed by atoms with Gasteiger partial charge in [-0.15, -0.1) is 0 Å². The van der Waals surface area contributed by atoms with E-state index >= 15 is 0 Å². The number of hydrogen-bond donors (Lipinski definition) is 1. The van der Waals surface area contributed by atoms with E-state index in [0.29, 0.717) is 5.57 Å². The van der Waals surface area contributed by atoms with Crippen LogP contribution in [0.3, 0.4) is 0 Å². The number of allylic oxidation sites excluding steroid dienone is 6. The molecule has 0 saturated heterocycles. The first kappa shape index (κ1) is 14.4. The van der Waals surface area contributed by atoms with Gasteiger partial charge in [0.2, 0.25) is 0 Å². The van der Waals surface area contributed by atoms with Crippen LogP contribution in [0.15, 0.2) is 78.2 Å². The van der Waals surface area contributed by atoms with Crippen LogP contribution in [0.1, 0.15) is 0 Å². The van der Waals surface area contributed by atoms with Crippen LogP contribution < -0.4 is 10.8 Å². The van der Waals surface area contributed by atoms with Crippen LogP contribution in [0, 0.1) is 0 Å². The quantitative estimate of drug-likeness (QED) is 0.470. The number of nitrogens with two attached hydrogens (primary N) is 1. The summed E-state index contributed by atoms with van der Waals surface area (Å²) >= 11 is 0. The topological polar surface area (TPSA) is 49.1 Å². The van der Waals surface area contributed by atoms with Crippen LogP contribution in [-0.4, -0.2) is 0 Å². The van der Waals surface area contributed by atoms with Crippen LogP contribution in [0.2, 0.25) is 0 Å². The Balaban J connectivity index is 0.000000318. The average molecular weight is 255 g/mol. The normalized spacial score (nSPS) is 15.4. The van der Waals surface area contributed by atoms with Gasteiger partial charge in [-0.1, -0.05) is 30.9 Å². The van der Waals surface area contributed by atoms with Crippen molar-refractivity contribution in [2.45, 2.75) is 0 Å². The van der Waals surface area contributed by atoms with Gasteiger partial charge in [0, 0.05) is 0 Å². The van der Waals surface area contributed by atoms with E-state index in [9.17, 15) is 5.11 Å². The van der Waals surface area contributed by atoms with Crippen molar-refractivity contribution in [3.63, 3.8) is 0 Å². The second kappa shape index (κ2) is 7.69. The molecule has 0 atom stereocenters. The van der Waals surface area contributed by atoms with E-state index in [4.69, 9.17) is 5.73 Å². The van der Waals surface area contributed by atoms with Crippen molar-refractivity contribution in [3.05, 3.63) is 78.2 Å². The van der Waals surface area contributed by atoms with Crippen molar-refractivity contribution < 1.29 is 22.2 Å². The Labute approximate surface area is 106 Å². The Hall–Kier alpha value is -1.57. The zero-order valence-electron chi connectivity index (χ0n) is 8.74.